The van der Waals surface area contributed by atoms with E-state index in [1.165, 1.54) is 13.0 Å². The molecule has 0 saturated carbocycles. The number of carbonyl (C=O) groups is 3. The number of para-hydroxylation sites is 1. The van der Waals surface area contributed by atoms with Crippen LogP contribution in [0.15, 0.2) is 72.8 Å². The van der Waals surface area contributed by atoms with E-state index >= 15 is 0 Å². The second-order valence-electron chi connectivity index (χ2n) is 7.14. The molecule has 2 N–H and O–H groups in total. The maximum Gasteiger partial charge on any atom is 0.308 e. The van der Waals surface area contributed by atoms with Crippen molar-refractivity contribution in [2.24, 2.45) is 0 Å². The summed E-state index contributed by atoms with van der Waals surface area (Å²) in [7, 11) is 0. The number of carbonyl (C=O) groups excluding carboxylic acids is 3. The zero-order valence-corrected chi connectivity index (χ0v) is 18.3. The zero-order valence-electron chi connectivity index (χ0n) is 17.6. The Morgan fingerprint density at radius 3 is 2.44 bits per heavy atom. The summed E-state index contributed by atoms with van der Waals surface area (Å²) in [6.45, 7) is 1.58. The Balaban J connectivity index is 1.58. The Hall–Kier alpha value is -3.64. The molecule has 0 fully saturated rings. The Morgan fingerprint density at radius 2 is 1.69 bits per heavy atom. The van der Waals surface area contributed by atoms with Crippen LogP contribution in [0, 0.1) is 0 Å². The average Bonchev–Trinajstić information content (AvgIpc) is 2.78. The molecule has 0 aliphatic rings. The first-order valence-electron chi connectivity index (χ1n) is 10.1. The van der Waals surface area contributed by atoms with Gasteiger partial charge in [0, 0.05) is 36.2 Å². The Kier molecular flexibility index (Phi) is 8.00. The first-order valence-corrected chi connectivity index (χ1v) is 10.5. The van der Waals surface area contributed by atoms with Crippen molar-refractivity contribution in [1.29, 1.82) is 0 Å². The molecule has 0 unspecified atom stereocenters. The first-order chi connectivity index (χ1) is 15.4. The number of halogens is 1. The highest BCUT2D eigenvalue weighted by Gasteiger charge is 2.11. The Bertz CT molecular complexity index is 1110. The molecular weight excluding hydrogens is 428 g/mol. The van der Waals surface area contributed by atoms with Crippen molar-refractivity contribution < 1.29 is 19.1 Å². The van der Waals surface area contributed by atoms with Crippen LogP contribution in [0.5, 0.6) is 5.75 Å². The summed E-state index contributed by atoms with van der Waals surface area (Å²) in [5, 5.41) is 6.40. The van der Waals surface area contributed by atoms with Gasteiger partial charge in [0.05, 0.1) is 0 Å². The van der Waals surface area contributed by atoms with Gasteiger partial charge in [-0.15, -0.1) is 0 Å². The Morgan fingerprint density at radius 1 is 0.938 bits per heavy atom. The lowest BCUT2D eigenvalue weighted by molar-refractivity contribution is -0.131. The first kappa shape index (κ1) is 23.0. The fraction of sp³-hybridized carbons (Fsp3) is 0.160. The molecular formula is C25H23ClN2O4. The molecule has 0 saturated heterocycles. The van der Waals surface area contributed by atoms with E-state index in [1.807, 2.05) is 24.3 Å². The monoisotopic (exact) mass is 450 g/mol. The normalized spacial score (nSPS) is 10.3. The number of ether oxygens (including phenoxy) is 1. The summed E-state index contributed by atoms with van der Waals surface area (Å²) >= 11 is 5.88. The van der Waals surface area contributed by atoms with Crippen LogP contribution in [0.1, 0.15) is 34.8 Å². The summed E-state index contributed by atoms with van der Waals surface area (Å²) in [6.07, 6.45) is 0.957. The van der Waals surface area contributed by atoms with Crippen LogP contribution in [-0.4, -0.2) is 17.8 Å². The highest BCUT2D eigenvalue weighted by Crippen LogP contribution is 2.19. The molecule has 0 aliphatic heterocycles. The molecule has 0 aliphatic carbocycles. The van der Waals surface area contributed by atoms with Crippen molar-refractivity contribution in [2.75, 3.05) is 5.32 Å². The van der Waals surface area contributed by atoms with Crippen LogP contribution in [0.4, 0.5) is 5.69 Å². The quantitative estimate of drug-likeness (QED) is 0.382. The molecule has 32 heavy (non-hydrogen) atoms. The lowest BCUT2D eigenvalue weighted by atomic mass is 10.1. The number of hydrogen-bond donors (Lipinski definition) is 2. The van der Waals surface area contributed by atoms with Crippen molar-refractivity contribution >= 4 is 35.1 Å². The van der Waals surface area contributed by atoms with Gasteiger partial charge in [-0.05, 0) is 53.9 Å². The van der Waals surface area contributed by atoms with Crippen molar-refractivity contribution in [3.8, 4) is 5.75 Å². The topological polar surface area (TPSA) is 84.5 Å². The van der Waals surface area contributed by atoms with E-state index in [0.717, 1.165) is 11.1 Å². The smallest absolute Gasteiger partial charge is 0.308 e. The van der Waals surface area contributed by atoms with E-state index in [4.69, 9.17) is 16.3 Å². The maximum absolute atomic E-state index is 12.7. The van der Waals surface area contributed by atoms with Crippen LogP contribution in [0.25, 0.3) is 0 Å². The number of anilines is 1. The summed E-state index contributed by atoms with van der Waals surface area (Å²) in [5.41, 5.74) is 2.75. The molecule has 0 heterocycles. The number of hydrogen-bond acceptors (Lipinski definition) is 4. The average molecular weight is 451 g/mol. The summed E-state index contributed by atoms with van der Waals surface area (Å²) in [6, 6.07) is 21.0. The van der Waals surface area contributed by atoms with Gasteiger partial charge in [0.25, 0.3) is 5.91 Å². The van der Waals surface area contributed by atoms with Crippen molar-refractivity contribution in [1.82, 2.24) is 5.32 Å². The predicted molar refractivity (Wildman–Crippen MR) is 124 cm³/mol. The fourth-order valence-corrected chi connectivity index (χ4v) is 3.17. The molecule has 0 bridgehead atoms. The second-order valence-corrected chi connectivity index (χ2v) is 7.57. The maximum atomic E-state index is 12.7. The molecule has 0 spiro atoms. The number of nitrogens with one attached hydrogen (secondary N) is 2. The number of esters is 1. The van der Waals surface area contributed by atoms with Gasteiger partial charge in [-0.25, -0.2) is 0 Å². The van der Waals surface area contributed by atoms with E-state index in [9.17, 15) is 14.4 Å². The van der Waals surface area contributed by atoms with Crippen LogP contribution >= 0.6 is 11.6 Å². The van der Waals surface area contributed by atoms with Gasteiger partial charge in [-0.3, -0.25) is 14.4 Å². The molecule has 0 aromatic heterocycles. The number of rotatable bonds is 8. The minimum absolute atomic E-state index is 0.0878. The lowest BCUT2D eigenvalue weighted by Crippen LogP contribution is -2.24. The molecule has 0 atom stereocenters. The molecule has 0 radical (unpaired) electrons. The molecule has 164 valence electrons. The van der Waals surface area contributed by atoms with E-state index in [2.05, 4.69) is 10.6 Å². The molecule has 7 heteroatoms. The Labute approximate surface area is 191 Å². The third kappa shape index (κ3) is 6.96. The number of amides is 2. The number of aryl methyl sites for hydroxylation is 1. The van der Waals surface area contributed by atoms with E-state index < -0.39 is 5.97 Å². The summed E-state index contributed by atoms with van der Waals surface area (Å²) < 4.78 is 5.03. The molecule has 6 nitrogen and oxygen atoms in total. The zero-order chi connectivity index (χ0) is 22.9. The van der Waals surface area contributed by atoms with E-state index in [-0.39, 0.29) is 18.4 Å². The third-order valence-corrected chi connectivity index (χ3v) is 4.91. The summed E-state index contributed by atoms with van der Waals surface area (Å²) in [4.78, 5) is 36.1. The van der Waals surface area contributed by atoms with Gasteiger partial charge in [0.15, 0.2) is 0 Å². The van der Waals surface area contributed by atoms with E-state index in [0.29, 0.717) is 34.9 Å². The molecule has 3 aromatic carbocycles. The van der Waals surface area contributed by atoms with Gasteiger partial charge in [-0.2, -0.15) is 0 Å². The standard InChI is InChI=1S/C25H23ClN2O4/c1-17(29)32-22-7-4-6-19(15-22)25(31)28-23-8-3-2-5-20(23)16-27-24(30)14-11-18-9-12-21(26)13-10-18/h2-10,12-13,15H,11,14,16H2,1H3,(H,27,30)(H,28,31). The minimum Gasteiger partial charge on any atom is -0.427 e. The fourth-order valence-electron chi connectivity index (χ4n) is 3.05. The van der Waals surface area contributed by atoms with Crippen LogP contribution in [0.2, 0.25) is 5.02 Å². The molecule has 3 aromatic rings. The highest BCUT2D eigenvalue weighted by atomic mass is 35.5. The highest BCUT2D eigenvalue weighted by molar-refractivity contribution is 6.30. The minimum atomic E-state index is -0.459. The second kappa shape index (κ2) is 11.1. The third-order valence-electron chi connectivity index (χ3n) is 4.65. The van der Waals surface area contributed by atoms with Gasteiger partial charge < -0.3 is 15.4 Å². The van der Waals surface area contributed by atoms with Crippen molar-refractivity contribution in [2.45, 2.75) is 26.3 Å². The van der Waals surface area contributed by atoms with Crippen molar-refractivity contribution in [3.63, 3.8) is 0 Å². The van der Waals surface area contributed by atoms with Crippen LogP contribution in [-0.2, 0) is 22.6 Å². The lowest BCUT2D eigenvalue weighted by Gasteiger charge is -2.12. The summed E-state index contributed by atoms with van der Waals surface area (Å²) in [5.74, 6) is -0.596. The van der Waals surface area contributed by atoms with Gasteiger partial charge >= 0.3 is 5.97 Å². The van der Waals surface area contributed by atoms with Gasteiger partial charge in [0.2, 0.25) is 5.91 Å². The largest absolute Gasteiger partial charge is 0.427 e. The van der Waals surface area contributed by atoms with Crippen LogP contribution in [0.3, 0.4) is 0 Å². The van der Waals surface area contributed by atoms with E-state index in [1.54, 1.807) is 42.5 Å². The van der Waals surface area contributed by atoms with Crippen molar-refractivity contribution in [3.05, 3.63) is 94.5 Å². The molecule has 3 rings (SSSR count). The SMILES string of the molecule is CC(=O)Oc1cccc(C(=O)Nc2ccccc2CNC(=O)CCc2ccc(Cl)cc2)c1. The predicted octanol–water partition coefficient (Wildman–Crippen LogP) is 4.77. The number of benzene rings is 3. The van der Waals surface area contributed by atoms with Gasteiger partial charge in [0.1, 0.15) is 5.75 Å². The van der Waals surface area contributed by atoms with Crippen LogP contribution < -0.4 is 15.4 Å². The van der Waals surface area contributed by atoms with Gasteiger partial charge in [-0.1, -0.05) is 48.0 Å². The molecule has 2 amide bonds.